The van der Waals surface area contributed by atoms with Gasteiger partial charge in [0.2, 0.25) is 0 Å². The quantitative estimate of drug-likeness (QED) is 0.752. The number of amides is 2. The van der Waals surface area contributed by atoms with Gasteiger partial charge in [-0.25, -0.2) is 4.79 Å². The van der Waals surface area contributed by atoms with Crippen molar-refractivity contribution < 1.29 is 18.7 Å². The van der Waals surface area contributed by atoms with Crippen LogP contribution in [-0.4, -0.2) is 61.5 Å². The first-order valence-corrected chi connectivity index (χ1v) is 8.10. The molecule has 1 saturated heterocycles. The van der Waals surface area contributed by atoms with Crippen LogP contribution in [0.25, 0.3) is 11.0 Å². The summed E-state index contributed by atoms with van der Waals surface area (Å²) in [4.78, 5) is 39.8. The Balaban J connectivity index is 1.89. The third-order valence-electron chi connectivity index (χ3n) is 3.99. The lowest BCUT2D eigenvalue weighted by molar-refractivity contribution is -0.145. The first kappa shape index (κ1) is 17.4. The molecule has 1 aromatic heterocycles. The number of fused-ring (bicyclic) bond motifs is 1. The van der Waals surface area contributed by atoms with Gasteiger partial charge in [0.1, 0.15) is 11.1 Å². The van der Waals surface area contributed by atoms with Gasteiger partial charge in [-0.2, -0.15) is 0 Å². The number of morpholine rings is 1. The number of ether oxygens (including phenoxy) is 1. The van der Waals surface area contributed by atoms with Crippen molar-refractivity contribution in [1.82, 2.24) is 9.80 Å². The third kappa shape index (κ3) is 3.52. The Morgan fingerprint density at radius 3 is 2.76 bits per heavy atom. The molecular weight excluding hydrogens is 348 g/mol. The number of carbonyl (C=O) groups is 2. The SMILES string of the molecule is CN(C)C(=O)C1CN(C(=O)c2cc3cc(Cl)ccc3oc2=O)CCO1. The highest BCUT2D eigenvalue weighted by Gasteiger charge is 2.31. The minimum atomic E-state index is -0.741. The Morgan fingerprint density at radius 2 is 2.04 bits per heavy atom. The zero-order chi connectivity index (χ0) is 18.1. The van der Waals surface area contributed by atoms with E-state index in [-0.39, 0.29) is 24.6 Å². The molecule has 2 heterocycles. The van der Waals surface area contributed by atoms with E-state index < -0.39 is 17.6 Å². The average molecular weight is 365 g/mol. The first-order chi connectivity index (χ1) is 11.9. The van der Waals surface area contributed by atoms with Crippen LogP contribution in [0.2, 0.25) is 5.02 Å². The number of halogens is 1. The Labute approximate surface area is 148 Å². The second-order valence-electron chi connectivity index (χ2n) is 5.97. The number of likely N-dealkylation sites (N-methyl/N-ethyl adjacent to an activating group) is 1. The van der Waals surface area contributed by atoms with E-state index in [2.05, 4.69) is 0 Å². The second kappa shape index (κ2) is 6.85. The van der Waals surface area contributed by atoms with Crippen LogP contribution in [0.1, 0.15) is 10.4 Å². The van der Waals surface area contributed by atoms with E-state index in [1.807, 2.05) is 0 Å². The van der Waals surface area contributed by atoms with Gasteiger partial charge in [0.25, 0.3) is 11.8 Å². The zero-order valence-electron chi connectivity index (χ0n) is 13.8. The largest absolute Gasteiger partial charge is 0.422 e. The molecule has 8 heteroatoms. The Bertz CT molecular complexity index is 892. The highest BCUT2D eigenvalue weighted by Crippen LogP contribution is 2.20. The molecule has 25 heavy (non-hydrogen) atoms. The molecule has 1 aromatic carbocycles. The molecule has 3 rings (SSSR count). The highest BCUT2D eigenvalue weighted by atomic mass is 35.5. The number of nitrogens with zero attached hydrogens (tertiary/aromatic N) is 2. The fourth-order valence-corrected chi connectivity index (χ4v) is 2.87. The van der Waals surface area contributed by atoms with Crippen molar-refractivity contribution in [1.29, 1.82) is 0 Å². The van der Waals surface area contributed by atoms with E-state index >= 15 is 0 Å². The summed E-state index contributed by atoms with van der Waals surface area (Å²) < 4.78 is 10.6. The first-order valence-electron chi connectivity index (χ1n) is 7.72. The summed E-state index contributed by atoms with van der Waals surface area (Å²) in [5.41, 5.74) is -0.455. The number of hydrogen-bond donors (Lipinski definition) is 0. The summed E-state index contributed by atoms with van der Waals surface area (Å²) in [5, 5.41) is 1.03. The summed E-state index contributed by atoms with van der Waals surface area (Å²) in [5.74, 6) is -0.717. The summed E-state index contributed by atoms with van der Waals surface area (Å²) >= 11 is 5.95. The van der Waals surface area contributed by atoms with Crippen molar-refractivity contribution in [3.63, 3.8) is 0 Å². The molecule has 1 aliphatic rings. The molecule has 1 aliphatic heterocycles. The average Bonchev–Trinajstić information content (AvgIpc) is 2.60. The van der Waals surface area contributed by atoms with E-state index in [9.17, 15) is 14.4 Å². The summed E-state index contributed by atoms with van der Waals surface area (Å²) in [6.07, 6.45) is -0.741. The lowest BCUT2D eigenvalue weighted by atomic mass is 10.1. The molecule has 0 aliphatic carbocycles. The number of rotatable bonds is 2. The maximum atomic E-state index is 12.7. The number of benzene rings is 1. The molecule has 0 saturated carbocycles. The van der Waals surface area contributed by atoms with Gasteiger partial charge in [-0.3, -0.25) is 9.59 Å². The van der Waals surface area contributed by atoms with Crippen LogP contribution in [0.4, 0.5) is 0 Å². The maximum absolute atomic E-state index is 12.7. The van der Waals surface area contributed by atoms with Crippen LogP contribution in [-0.2, 0) is 9.53 Å². The zero-order valence-corrected chi connectivity index (χ0v) is 14.6. The molecule has 2 amide bonds. The predicted molar refractivity (Wildman–Crippen MR) is 91.8 cm³/mol. The molecule has 1 unspecified atom stereocenters. The van der Waals surface area contributed by atoms with Gasteiger partial charge in [0.15, 0.2) is 6.10 Å². The minimum Gasteiger partial charge on any atom is -0.422 e. The van der Waals surface area contributed by atoms with E-state index in [1.54, 1.807) is 32.3 Å². The van der Waals surface area contributed by atoms with Gasteiger partial charge >= 0.3 is 5.63 Å². The molecule has 1 atom stereocenters. The van der Waals surface area contributed by atoms with Crippen molar-refractivity contribution >= 4 is 34.4 Å². The summed E-state index contributed by atoms with van der Waals surface area (Å²) in [6, 6.07) is 6.27. The lowest BCUT2D eigenvalue weighted by Gasteiger charge is -2.33. The standard InChI is InChI=1S/C17H17ClN2O5/c1-19(2)16(22)14-9-20(5-6-24-14)15(21)12-8-10-7-11(18)3-4-13(10)25-17(12)23/h3-4,7-8,14H,5-6,9H2,1-2H3. The molecule has 0 bridgehead atoms. The van der Waals surface area contributed by atoms with Gasteiger partial charge in [-0.1, -0.05) is 11.6 Å². The molecule has 7 nitrogen and oxygen atoms in total. The van der Waals surface area contributed by atoms with E-state index in [4.69, 9.17) is 20.8 Å². The Kier molecular flexibility index (Phi) is 4.78. The van der Waals surface area contributed by atoms with Crippen molar-refractivity contribution in [3.8, 4) is 0 Å². The molecule has 0 N–H and O–H groups in total. The second-order valence-corrected chi connectivity index (χ2v) is 6.41. The van der Waals surface area contributed by atoms with Crippen molar-refractivity contribution in [2.75, 3.05) is 33.8 Å². The van der Waals surface area contributed by atoms with Crippen molar-refractivity contribution in [2.45, 2.75) is 6.10 Å². The van der Waals surface area contributed by atoms with Crippen LogP contribution in [0.15, 0.2) is 33.5 Å². The minimum absolute atomic E-state index is 0.0862. The smallest absolute Gasteiger partial charge is 0.349 e. The topological polar surface area (TPSA) is 80.1 Å². The molecular formula is C17H17ClN2O5. The van der Waals surface area contributed by atoms with Crippen molar-refractivity contribution in [3.05, 3.63) is 45.3 Å². The fourth-order valence-electron chi connectivity index (χ4n) is 2.68. The van der Waals surface area contributed by atoms with E-state index in [0.717, 1.165) is 0 Å². The van der Waals surface area contributed by atoms with E-state index in [0.29, 0.717) is 22.5 Å². The van der Waals surface area contributed by atoms with E-state index in [1.165, 1.54) is 15.9 Å². The molecule has 132 valence electrons. The fraction of sp³-hybridized carbons (Fsp3) is 0.353. The Hall–Kier alpha value is -2.38. The molecule has 0 radical (unpaired) electrons. The van der Waals surface area contributed by atoms with Gasteiger partial charge in [-0.15, -0.1) is 0 Å². The van der Waals surface area contributed by atoms with Crippen LogP contribution < -0.4 is 5.63 Å². The van der Waals surface area contributed by atoms with Crippen LogP contribution in [0.3, 0.4) is 0 Å². The maximum Gasteiger partial charge on any atom is 0.349 e. The van der Waals surface area contributed by atoms with Crippen LogP contribution in [0.5, 0.6) is 0 Å². The van der Waals surface area contributed by atoms with Crippen LogP contribution >= 0.6 is 11.6 Å². The number of hydrogen-bond acceptors (Lipinski definition) is 5. The monoisotopic (exact) mass is 364 g/mol. The van der Waals surface area contributed by atoms with Gasteiger partial charge < -0.3 is 19.0 Å². The number of carbonyl (C=O) groups excluding carboxylic acids is 2. The third-order valence-corrected chi connectivity index (χ3v) is 4.23. The lowest BCUT2D eigenvalue weighted by Crippen LogP contribution is -2.51. The van der Waals surface area contributed by atoms with Gasteiger partial charge in [-0.05, 0) is 24.3 Å². The normalized spacial score (nSPS) is 17.6. The van der Waals surface area contributed by atoms with Crippen LogP contribution in [0, 0.1) is 0 Å². The molecule has 2 aromatic rings. The summed E-state index contributed by atoms with van der Waals surface area (Å²) in [7, 11) is 3.24. The molecule has 0 spiro atoms. The summed E-state index contributed by atoms with van der Waals surface area (Å²) in [6.45, 7) is 0.604. The van der Waals surface area contributed by atoms with Crippen molar-refractivity contribution in [2.24, 2.45) is 0 Å². The highest BCUT2D eigenvalue weighted by molar-refractivity contribution is 6.31. The Morgan fingerprint density at radius 1 is 1.28 bits per heavy atom. The van der Waals surface area contributed by atoms with Gasteiger partial charge in [0, 0.05) is 31.0 Å². The van der Waals surface area contributed by atoms with Gasteiger partial charge in [0.05, 0.1) is 13.2 Å². The molecule has 1 fully saturated rings. The predicted octanol–water partition coefficient (Wildman–Crippen LogP) is 1.38.